The SMILES string of the molecule is Cc1cc(C)n(-c2ccc(NC(=O)CC3CC4CCC(C3)N4)cn2)n1.Cl.Cl. The summed E-state index contributed by atoms with van der Waals surface area (Å²) in [5.41, 5.74) is 2.75. The normalized spacial score (nSPS) is 23.3. The van der Waals surface area contributed by atoms with Gasteiger partial charge in [-0.25, -0.2) is 9.67 Å². The Labute approximate surface area is 172 Å². The molecule has 6 nitrogen and oxygen atoms in total. The number of carbonyl (C=O) groups is 1. The molecule has 4 rings (SSSR count). The smallest absolute Gasteiger partial charge is 0.224 e. The second kappa shape index (κ2) is 9.04. The van der Waals surface area contributed by atoms with Crippen molar-refractivity contribution in [3.63, 3.8) is 0 Å². The maximum absolute atomic E-state index is 12.3. The molecule has 0 aromatic carbocycles. The minimum Gasteiger partial charge on any atom is -0.325 e. The summed E-state index contributed by atoms with van der Waals surface area (Å²) in [6, 6.07) is 7.04. The summed E-state index contributed by atoms with van der Waals surface area (Å²) in [7, 11) is 0. The van der Waals surface area contributed by atoms with Crippen LogP contribution in [-0.4, -0.2) is 32.8 Å². The average Bonchev–Trinajstić information content (AvgIpc) is 3.09. The standard InChI is InChI=1S/C19H25N5O.2ClH/c1-12-7-13(2)24(23-12)18-6-5-17(11-20-18)22-19(25)10-14-8-15-3-4-16(9-14)21-15;;/h5-7,11,14-16,21H,3-4,8-10H2,1-2H3,(H,22,25);2*1H. The van der Waals surface area contributed by atoms with Crippen molar-refractivity contribution in [1.29, 1.82) is 0 Å². The lowest BCUT2D eigenvalue weighted by Gasteiger charge is -2.28. The predicted molar refractivity (Wildman–Crippen MR) is 111 cm³/mol. The van der Waals surface area contributed by atoms with E-state index >= 15 is 0 Å². The van der Waals surface area contributed by atoms with Gasteiger partial charge in [0.15, 0.2) is 5.82 Å². The predicted octanol–water partition coefficient (Wildman–Crippen LogP) is 3.59. The van der Waals surface area contributed by atoms with E-state index in [4.69, 9.17) is 0 Å². The molecule has 0 saturated carbocycles. The highest BCUT2D eigenvalue weighted by atomic mass is 35.5. The third-order valence-electron chi connectivity index (χ3n) is 5.30. The van der Waals surface area contributed by atoms with Crippen LogP contribution in [0.4, 0.5) is 5.69 Å². The minimum absolute atomic E-state index is 0. The van der Waals surface area contributed by atoms with Gasteiger partial charge in [-0.2, -0.15) is 5.10 Å². The highest BCUT2D eigenvalue weighted by molar-refractivity contribution is 5.90. The molecule has 2 atom stereocenters. The molecular formula is C19H27Cl2N5O. The van der Waals surface area contributed by atoms with E-state index in [0.717, 1.165) is 35.7 Å². The Bertz CT molecular complexity index is 765. The van der Waals surface area contributed by atoms with Gasteiger partial charge in [-0.1, -0.05) is 0 Å². The number of nitrogens with zero attached hydrogens (tertiary/aromatic N) is 3. The van der Waals surface area contributed by atoms with Gasteiger partial charge in [0.05, 0.1) is 17.6 Å². The van der Waals surface area contributed by atoms with E-state index in [1.165, 1.54) is 12.8 Å². The minimum atomic E-state index is 0. The van der Waals surface area contributed by atoms with Gasteiger partial charge in [-0.15, -0.1) is 24.8 Å². The number of halogens is 2. The second-order valence-electron chi connectivity index (χ2n) is 7.47. The van der Waals surface area contributed by atoms with E-state index in [2.05, 4.69) is 20.7 Å². The van der Waals surface area contributed by atoms with Crippen LogP contribution < -0.4 is 10.6 Å². The third kappa shape index (κ3) is 5.00. The number of hydrogen-bond donors (Lipinski definition) is 2. The number of hydrogen-bond acceptors (Lipinski definition) is 4. The highest BCUT2D eigenvalue weighted by Gasteiger charge is 2.34. The van der Waals surface area contributed by atoms with E-state index in [9.17, 15) is 4.79 Å². The van der Waals surface area contributed by atoms with Crippen LogP contribution in [0.5, 0.6) is 0 Å². The summed E-state index contributed by atoms with van der Waals surface area (Å²) in [6.07, 6.45) is 7.09. The number of nitrogens with one attached hydrogen (secondary N) is 2. The molecular weight excluding hydrogens is 385 g/mol. The van der Waals surface area contributed by atoms with Gasteiger partial charge in [-0.3, -0.25) is 4.79 Å². The highest BCUT2D eigenvalue weighted by Crippen LogP contribution is 2.32. The molecule has 27 heavy (non-hydrogen) atoms. The van der Waals surface area contributed by atoms with Gasteiger partial charge in [0, 0.05) is 24.2 Å². The lowest BCUT2D eigenvalue weighted by Crippen LogP contribution is -2.39. The molecule has 2 aromatic rings. The molecule has 0 radical (unpaired) electrons. The number of aryl methyl sites for hydroxylation is 2. The molecule has 2 aromatic heterocycles. The molecule has 4 heterocycles. The topological polar surface area (TPSA) is 71.8 Å². The monoisotopic (exact) mass is 411 g/mol. The van der Waals surface area contributed by atoms with Crippen molar-refractivity contribution in [1.82, 2.24) is 20.1 Å². The largest absolute Gasteiger partial charge is 0.325 e. The van der Waals surface area contributed by atoms with E-state index in [-0.39, 0.29) is 30.7 Å². The van der Waals surface area contributed by atoms with E-state index in [1.54, 1.807) is 6.20 Å². The molecule has 2 fully saturated rings. The van der Waals surface area contributed by atoms with Crippen molar-refractivity contribution in [3.8, 4) is 5.82 Å². The summed E-state index contributed by atoms with van der Waals surface area (Å²) in [4.78, 5) is 16.8. The molecule has 1 amide bonds. The van der Waals surface area contributed by atoms with Gasteiger partial charge in [0.2, 0.25) is 5.91 Å². The Morgan fingerprint density at radius 1 is 1.22 bits per heavy atom. The first-order chi connectivity index (χ1) is 12.1. The Morgan fingerprint density at radius 2 is 1.93 bits per heavy atom. The fraction of sp³-hybridized carbons (Fsp3) is 0.526. The molecule has 0 aliphatic carbocycles. The van der Waals surface area contributed by atoms with Crippen LogP contribution in [0.1, 0.15) is 43.5 Å². The average molecular weight is 412 g/mol. The first kappa shape index (κ1) is 21.7. The molecule has 2 aliphatic rings. The number of pyridine rings is 1. The van der Waals surface area contributed by atoms with E-state index in [0.29, 0.717) is 24.4 Å². The second-order valence-corrected chi connectivity index (χ2v) is 7.47. The number of carbonyl (C=O) groups excluding carboxylic acids is 1. The maximum atomic E-state index is 12.3. The van der Waals surface area contributed by atoms with Crippen molar-refractivity contribution < 1.29 is 4.79 Å². The molecule has 2 bridgehead atoms. The van der Waals surface area contributed by atoms with Gasteiger partial charge in [0.25, 0.3) is 0 Å². The van der Waals surface area contributed by atoms with Gasteiger partial charge in [-0.05, 0) is 63.6 Å². The molecule has 2 unspecified atom stereocenters. The summed E-state index contributed by atoms with van der Waals surface area (Å²) in [5.74, 6) is 1.35. The number of amides is 1. The fourth-order valence-electron chi connectivity index (χ4n) is 4.26. The van der Waals surface area contributed by atoms with Crippen LogP contribution in [0.25, 0.3) is 5.82 Å². The van der Waals surface area contributed by atoms with Crippen molar-refractivity contribution >= 4 is 36.4 Å². The quantitative estimate of drug-likeness (QED) is 0.805. The third-order valence-corrected chi connectivity index (χ3v) is 5.30. The van der Waals surface area contributed by atoms with Gasteiger partial charge >= 0.3 is 0 Å². The molecule has 2 N–H and O–H groups in total. The summed E-state index contributed by atoms with van der Waals surface area (Å²) < 4.78 is 1.81. The zero-order valence-corrected chi connectivity index (χ0v) is 17.3. The van der Waals surface area contributed by atoms with Crippen LogP contribution in [0.3, 0.4) is 0 Å². The first-order valence-electron chi connectivity index (χ1n) is 9.12. The van der Waals surface area contributed by atoms with Crippen LogP contribution in [0.15, 0.2) is 24.4 Å². The number of anilines is 1. The number of piperidine rings is 1. The number of rotatable bonds is 4. The summed E-state index contributed by atoms with van der Waals surface area (Å²) in [6.45, 7) is 3.97. The Kier molecular flexibility index (Phi) is 7.25. The zero-order chi connectivity index (χ0) is 17.4. The fourth-order valence-corrected chi connectivity index (χ4v) is 4.26. The van der Waals surface area contributed by atoms with E-state index in [1.807, 2.05) is 36.7 Å². The van der Waals surface area contributed by atoms with Crippen molar-refractivity contribution in [2.45, 2.75) is 58.0 Å². The summed E-state index contributed by atoms with van der Waals surface area (Å²) in [5, 5.41) is 11.0. The lowest BCUT2D eigenvalue weighted by molar-refractivity contribution is -0.117. The Hall–Kier alpha value is -1.63. The van der Waals surface area contributed by atoms with Gasteiger partial charge < -0.3 is 10.6 Å². The number of fused-ring (bicyclic) bond motifs is 2. The van der Waals surface area contributed by atoms with Crippen LogP contribution in [0, 0.1) is 19.8 Å². The first-order valence-corrected chi connectivity index (χ1v) is 9.12. The van der Waals surface area contributed by atoms with Gasteiger partial charge in [0.1, 0.15) is 0 Å². The maximum Gasteiger partial charge on any atom is 0.224 e. The molecule has 148 valence electrons. The van der Waals surface area contributed by atoms with Crippen LogP contribution in [0.2, 0.25) is 0 Å². The summed E-state index contributed by atoms with van der Waals surface area (Å²) >= 11 is 0. The Balaban J connectivity index is 0.00000131. The molecule has 0 spiro atoms. The molecule has 2 saturated heterocycles. The zero-order valence-electron chi connectivity index (χ0n) is 15.6. The molecule has 8 heteroatoms. The number of aromatic nitrogens is 3. The van der Waals surface area contributed by atoms with Crippen LogP contribution >= 0.6 is 24.8 Å². The van der Waals surface area contributed by atoms with Crippen LogP contribution in [-0.2, 0) is 4.79 Å². The lowest BCUT2D eigenvalue weighted by atomic mass is 9.89. The van der Waals surface area contributed by atoms with Crippen molar-refractivity contribution in [3.05, 3.63) is 35.8 Å². The Morgan fingerprint density at radius 3 is 2.48 bits per heavy atom. The molecule has 2 aliphatic heterocycles. The van der Waals surface area contributed by atoms with Crippen molar-refractivity contribution in [2.75, 3.05) is 5.32 Å². The van der Waals surface area contributed by atoms with Crippen molar-refractivity contribution in [2.24, 2.45) is 5.92 Å². The van der Waals surface area contributed by atoms with E-state index < -0.39 is 0 Å².